The quantitative estimate of drug-likeness (QED) is 0.914. The fourth-order valence-electron chi connectivity index (χ4n) is 2.44. The van der Waals surface area contributed by atoms with E-state index in [1.165, 1.54) is 17.5 Å². The molecule has 1 aromatic rings. The summed E-state index contributed by atoms with van der Waals surface area (Å²) in [5.74, 6) is 0.990. The van der Waals surface area contributed by atoms with E-state index in [4.69, 9.17) is 9.84 Å². The summed E-state index contributed by atoms with van der Waals surface area (Å²) < 4.78 is 32.1. The van der Waals surface area contributed by atoms with Gasteiger partial charge >= 0.3 is 0 Å². The van der Waals surface area contributed by atoms with Gasteiger partial charge < -0.3 is 9.84 Å². The van der Waals surface area contributed by atoms with Gasteiger partial charge in [0.1, 0.15) is 10.6 Å². The van der Waals surface area contributed by atoms with E-state index < -0.39 is 10.0 Å². The zero-order chi connectivity index (χ0) is 14.9. The molecular weight excluding hydrogens is 278 g/mol. The molecule has 1 fully saturated rings. The van der Waals surface area contributed by atoms with Crippen LogP contribution >= 0.6 is 0 Å². The number of benzene rings is 1. The standard InChI is InChI=1S/C14H21NO4S/c1-10-7-15(8-11(10)2)20(17,18)14-5-4-12(9-16)6-13(14)19-3/h4-6,10-11,16H,7-9H2,1-3H3. The number of aliphatic hydroxyl groups excluding tert-OH is 1. The topological polar surface area (TPSA) is 66.8 Å². The van der Waals surface area contributed by atoms with Crippen LogP contribution in [0.1, 0.15) is 19.4 Å². The van der Waals surface area contributed by atoms with Crippen molar-refractivity contribution in [1.29, 1.82) is 0 Å². The zero-order valence-electron chi connectivity index (χ0n) is 12.0. The molecule has 20 heavy (non-hydrogen) atoms. The van der Waals surface area contributed by atoms with Gasteiger partial charge in [0.2, 0.25) is 10.0 Å². The van der Waals surface area contributed by atoms with Crippen molar-refractivity contribution in [3.05, 3.63) is 23.8 Å². The second kappa shape index (κ2) is 5.71. The number of aliphatic hydroxyl groups is 1. The summed E-state index contributed by atoms with van der Waals surface area (Å²) in [7, 11) is -2.11. The molecule has 0 aromatic heterocycles. The van der Waals surface area contributed by atoms with Gasteiger partial charge in [0.25, 0.3) is 0 Å². The van der Waals surface area contributed by atoms with E-state index in [0.717, 1.165) is 0 Å². The summed E-state index contributed by atoms with van der Waals surface area (Å²) >= 11 is 0. The van der Waals surface area contributed by atoms with E-state index in [2.05, 4.69) is 13.8 Å². The van der Waals surface area contributed by atoms with Gasteiger partial charge in [-0.2, -0.15) is 4.31 Å². The Morgan fingerprint density at radius 2 is 1.90 bits per heavy atom. The van der Waals surface area contributed by atoms with Gasteiger partial charge in [0.15, 0.2) is 0 Å². The van der Waals surface area contributed by atoms with Crippen LogP contribution < -0.4 is 4.74 Å². The number of hydrogen-bond donors (Lipinski definition) is 1. The minimum absolute atomic E-state index is 0.144. The summed E-state index contributed by atoms with van der Waals surface area (Å²) in [6, 6.07) is 4.68. The number of rotatable bonds is 4. The largest absolute Gasteiger partial charge is 0.495 e. The molecule has 2 rings (SSSR count). The lowest BCUT2D eigenvalue weighted by Gasteiger charge is -2.18. The van der Waals surface area contributed by atoms with Crippen molar-refractivity contribution in [2.24, 2.45) is 11.8 Å². The molecular formula is C14H21NO4S. The number of ether oxygens (including phenoxy) is 1. The van der Waals surface area contributed by atoms with E-state index in [0.29, 0.717) is 30.5 Å². The zero-order valence-corrected chi connectivity index (χ0v) is 12.9. The van der Waals surface area contributed by atoms with Crippen LogP contribution in [-0.2, 0) is 16.6 Å². The lowest BCUT2D eigenvalue weighted by Crippen LogP contribution is -2.29. The highest BCUT2D eigenvalue weighted by molar-refractivity contribution is 7.89. The van der Waals surface area contributed by atoms with Gasteiger partial charge in [0, 0.05) is 13.1 Å². The third-order valence-corrected chi connectivity index (χ3v) is 5.85. The fourth-order valence-corrected chi connectivity index (χ4v) is 4.21. The van der Waals surface area contributed by atoms with Gasteiger partial charge in [0.05, 0.1) is 13.7 Å². The first kappa shape index (κ1) is 15.3. The molecule has 1 aromatic carbocycles. The Bertz CT molecular complexity index is 575. The summed E-state index contributed by atoms with van der Waals surface area (Å²) in [5, 5.41) is 9.12. The lowest BCUT2D eigenvalue weighted by atomic mass is 10.0. The maximum absolute atomic E-state index is 12.7. The minimum atomic E-state index is -3.55. The number of methoxy groups -OCH3 is 1. The fraction of sp³-hybridized carbons (Fsp3) is 0.571. The second-order valence-corrected chi connectivity index (χ2v) is 7.33. The van der Waals surface area contributed by atoms with Crippen molar-refractivity contribution in [2.75, 3.05) is 20.2 Å². The Labute approximate surface area is 120 Å². The molecule has 1 N–H and O–H groups in total. The first-order valence-electron chi connectivity index (χ1n) is 6.68. The highest BCUT2D eigenvalue weighted by atomic mass is 32.2. The molecule has 2 unspecified atom stereocenters. The van der Waals surface area contributed by atoms with Crippen molar-refractivity contribution in [3.63, 3.8) is 0 Å². The number of hydrogen-bond acceptors (Lipinski definition) is 4. The third-order valence-electron chi connectivity index (χ3n) is 3.98. The van der Waals surface area contributed by atoms with Gasteiger partial charge in [-0.15, -0.1) is 0 Å². The van der Waals surface area contributed by atoms with E-state index in [1.807, 2.05) is 0 Å². The highest BCUT2D eigenvalue weighted by Crippen LogP contribution is 2.32. The highest BCUT2D eigenvalue weighted by Gasteiger charge is 2.36. The van der Waals surface area contributed by atoms with E-state index in [-0.39, 0.29) is 17.3 Å². The maximum atomic E-state index is 12.7. The predicted molar refractivity (Wildman–Crippen MR) is 76.0 cm³/mol. The van der Waals surface area contributed by atoms with E-state index >= 15 is 0 Å². The second-order valence-electron chi connectivity index (χ2n) is 5.42. The van der Waals surface area contributed by atoms with Crippen molar-refractivity contribution < 1.29 is 18.3 Å². The summed E-state index contributed by atoms with van der Waals surface area (Å²) in [6.07, 6.45) is 0. The Balaban J connectivity index is 2.39. The molecule has 6 heteroatoms. The van der Waals surface area contributed by atoms with Crippen LogP contribution in [0, 0.1) is 11.8 Å². The average Bonchev–Trinajstić information content (AvgIpc) is 2.78. The average molecular weight is 299 g/mol. The molecule has 112 valence electrons. The monoisotopic (exact) mass is 299 g/mol. The molecule has 1 aliphatic rings. The van der Waals surface area contributed by atoms with Gasteiger partial charge in [-0.25, -0.2) is 8.42 Å². The number of nitrogens with zero attached hydrogens (tertiary/aromatic N) is 1. The predicted octanol–water partition coefficient (Wildman–Crippen LogP) is 1.46. The van der Waals surface area contributed by atoms with Crippen LogP contribution in [0.25, 0.3) is 0 Å². The number of sulfonamides is 1. The molecule has 5 nitrogen and oxygen atoms in total. The normalized spacial score (nSPS) is 24.0. The van der Waals surface area contributed by atoms with Crippen molar-refractivity contribution >= 4 is 10.0 Å². The lowest BCUT2D eigenvalue weighted by molar-refractivity contribution is 0.280. The molecule has 0 amide bonds. The smallest absolute Gasteiger partial charge is 0.246 e. The summed E-state index contributed by atoms with van der Waals surface area (Å²) in [6.45, 7) is 5.05. The van der Waals surface area contributed by atoms with E-state index in [9.17, 15) is 8.42 Å². The Morgan fingerprint density at radius 3 is 2.40 bits per heavy atom. The van der Waals surface area contributed by atoms with Crippen LogP contribution in [0.2, 0.25) is 0 Å². The Hall–Kier alpha value is -1.11. The first-order chi connectivity index (χ1) is 9.40. The molecule has 0 aliphatic carbocycles. The first-order valence-corrected chi connectivity index (χ1v) is 8.12. The molecule has 0 radical (unpaired) electrons. The minimum Gasteiger partial charge on any atom is -0.495 e. The summed E-state index contributed by atoms with van der Waals surface area (Å²) in [5.41, 5.74) is 0.629. The van der Waals surface area contributed by atoms with Crippen molar-refractivity contribution in [3.8, 4) is 5.75 Å². The summed E-state index contributed by atoms with van der Waals surface area (Å²) in [4.78, 5) is 0.165. The molecule has 1 heterocycles. The van der Waals surface area contributed by atoms with Crippen LogP contribution in [0.5, 0.6) is 5.75 Å². The van der Waals surface area contributed by atoms with Crippen molar-refractivity contribution in [1.82, 2.24) is 4.31 Å². The Morgan fingerprint density at radius 1 is 1.30 bits per heavy atom. The molecule has 1 saturated heterocycles. The van der Waals surface area contributed by atoms with Crippen LogP contribution in [0.4, 0.5) is 0 Å². The van der Waals surface area contributed by atoms with Crippen LogP contribution in [0.15, 0.2) is 23.1 Å². The maximum Gasteiger partial charge on any atom is 0.246 e. The Kier molecular flexibility index (Phi) is 4.36. The van der Waals surface area contributed by atoms with E-state index in [1.54, 1.807) is 12.1 Å². The molecule has 1 aliphatic heterocycles. The van der Waals surface area contributed by atoms with Crippen LogP contribution in [0.3, 0.4) is 0 Å². The third kappa shape index (κ3) is 2.68. The SMILES string of the molecule is COc1cc(CO)ccc1S(=O)(=O)N1CC(C)C(C)C1. The van der Waals surface area contributed by atoms with Gasteiger partial charge in [-0.1, -0.05) is 19.9 Å². The molecule has 0 bridgehead atoms. The van der Waals surface area contributed by atoms with Gasteiger partial charge in [-0.3, -0.25) is 0 Å². The molecule has 0 saturated carbocycles. The van der Waals surface area contributed by atoms with Crippen molar-refractivity contribution in [2.45, 2.75) is 25.3 Å². The molecule has 0 spiro atoms. The van der Waals surface area contributed by atoms with Gasteiger partial charge in [-0.05, 0) is 29.5 Å². The van der Waals surface area contributed by atoms with Crippen LogP contribution in [-0.4, -0.2) is 38.0 Å². The molecule has 2 atom stereocenters.